The third-order valence-electron chi connectivity index (χ3n) is 5.06. The van der Waals surface area contributed by atoms with Crippen molar-refractivity contribution in [2.24, 2.45) is 14.1 Å². The first-order valence-corrected chi connectivity index (χ1v) is 10.1. The Balaban J connectivity index is 1.75. The van der Waals surface area contributed by atoms with Crippen LogP contribution in [0.25, 0.3) is 10.2 Å². The second kappa shape index (κ2) is 7.75. The molecule has 9 heteroatoms. The number of hydrogen-bond acceptors (Lipinski definition) is 6. The Bertz CT molecular complexity index is 1290. The number of amides is 1. The number of aryl methyl sites for hydroxylation is 3. The number of ether oxygens (including phenoxy) is 1. The normalized spacial score (nSPS) is 12.1. The zero-order chi connectivity index (χ0) is 21.4. The highest BCUT2D eigenvalue weighted by Crippen LogP contribution is 2.29. The van der Waals surface area contributed by atoms with Crippen molar-refractivity contribution in [2.75, 3.05) is 7.11 Å². The molecular weight excluding hydrogens is 402 g/mol. The van der Waals surface area contributed by atoms with E-state index in [4.69, 9.17) is 4.74 Å². The summed E-state index contributed by atoms with van der Waals surface area (Å²) in [5, 5.41) is 3.56. The molecular formula is C21H21N5O3S. The third kappa shape index (κ3) is 3.37. The second-order valence-corrected chi connectivity index (χ2v) is 7.97. The molecule has 3 heterocycles. The Hall–Kier alpha value is -3.46. The van der Waals surface area contributed by atoms with E-state index in [1.54, 1.807) is 27.3 Å². The lowest BCUT2D eigenvalue weighted by Crippen LogP contribution is -2.31. The van der Waals surface area contributed by atoms with E-state index < -0.39 is 6.04 Å². The zero-order valence-electron chi connectivity index (χ0n) is 17.0. The van der Waals surface area contributed by atoms with Crippen LogP contribution in [0.4, 0.5) is 0 Å². The smallest absolute Gasteiger partial charge is 0.262 e. The Morgan fingerprint density at radius 3 is 2.53 bits per heavy atom. The number of methoxy groups -OCH3 is 1. The van der Waals surface area contributed by atoms with Crippen molar-refractivity contribution in [1.82, 2.24) is 24.4 Å². The average molecular weight is 423 g/mol. The maximum absolute atomic E-state index is 13.2. The highest BCUT2D eigenvalue weighted by molar-refractivity contribution is 7.20. The zero-order valence-corrected chi connectivity index (χ0v) is 17.9. The molecule has 154 valence electrons. The molecule has 1 atom stereocenters. The van der Waals surface area contributed by atoms with Crippen LogP contribution < -0.4 is 15.6 Å². The summed E-state index contributed by atoms with van der Waals surface area (Å²) in [6.45, 7) is 1.78. The van der Waals surface area contributed by atoms with E-state index in [1.807, 2.05) is 42.1 Å². The number of carbonyl (C=O) groups excluding carboxylic acids is 1. The molecule has 0 fully saturated rings. The van der Waals surface area contributed by atoms with E-state index in [-0.39, 0.29) is 11.5 Å². The summed E-state index contributed by atoms with van der Waals surface area (Å²) in [6, 6.07) is 7.01. The van der Waals surface area contributed by atoms with Crippen LogP contribution in [0, 0.1) is 6.92 Å². The van der Waals surface area contributed by atoms with Crippen molar-refractivity contribution < 1.29 is 9.53 Å². The fraction of sp³-hybridized carbons (Fsp3) is 0.238. The average Bonchev–Trinajstić information content (AvgIpc) is 3.32. The Morgan fingerprint density at radius 1 is 1.17 bits per heavy atom. The first kappa shape index (κ1) is 19.8. The number of hydrogen-bond donors (Lipinski definition) is 1. The molecule has 1 N–H and O–H groups in total. The molecule has 0 saturated heterocycles. The summed E-state index contributed by atoms with van der Waals surface area (Å²) in [6.07, 6.45) is 4.99. The van der Waals surface area contributed by atoms with Gasteiger partial charge in [0.15, 0.2) is 0 Å². The van der Waals surface area contributed by atoms with Crippen LogP contribution in [0.3, 0.4) is 0 Å². The lowest BCUT2D eigenvalue weighted by atomic mass is 10.1. The Kier molecular flexibility index (Phi) is 5.13. The summed E-state index contributed by atoms with van der Waals surface area (Å²) in [5.74, 6) is 1.15. The van der Waals surface area contributed by atoms with E-state index in [0.717, 1.165) is 11.3 Å². The molecule has 0 radical (unpaired) electrons. The van der Waals surface area contributed by atoms with Gasteiger partial charge in [-0.25, -0.2) is 9.97 Å². The lowest BCUT2D eigenvalue weighted by Gasteiger charge is -2.19. The number of aromatic nitrogens is 4. The fourth-order valence-electron chi connectivity index (χ4n) is 3.37. The van der Waals surface area contributed by atoms with E-state index in [2.05, 4.69) is 15.3 Å². The van der Waals surface area contributed by atoms with Gasteiger partial charge in [0.25, 0.3) is 11.5 Å². The molecule has 0 aliphatic heterocycles. The Morgan fingerprint density at radius 2 is 1.90 bits per heavy atom. The molecule has 4 rings (SSSR count). The number of nitrogens with one attached hydrogen (secondary N) is 1. The van der Waals surface area contributed by atoms with Gasteiger partial charge in [-0.1, -0.05) is 12.1 Å². The first-order chi connectivity index (χ1) is 14.4. The Labute approximate surface area is 176 Å². The molecule has 0 aliphatic rings. The molecule has 8 nitrogen and oxygen atoms in total. The number of benzene rings is 1. The summed E-state index contributed by atoms with van der Waals surface area (Å²) < 4.78 is 8.52. The third-order valence-corrected chi connectivity index (χ3v) is 6.26. The van der Waals surface area contributed by atoms with Gasteiger partial charge in [-0.15, -0.1) is 11.3 Å². The monoisotopic (exact) mass is 423 g/mol. The minimum Gasteiger partial charge on any atom is -0.497 e. The van der Waals surface area contributed by atoms with Crippen molar-refractivity contribution >= 4 is 27.5 Å². The van der Waals surface area contributed by atoms with Crippen LogP contribution in [-0.4, -0.2) is 32.1 Å². The van der Waals surface area contributed by atoms with Gasteiger partial charge >= 0.3 is 0 Å². The van der Waals surface area contributed by atoms with Crippen molar-refractivity contribution in [3.8, 4) is 5.75 Å². The number of imidazole rings is 1. The van der Waals surface area contributed by atoms with Gasteiger partial charge in [0.2, 0.25) is 0 Å². The molecule has 0 aliphatic carbocycles. The minimum atomic E-state index is -0.469. The molecule has 0 unspecified atom stereocenters. The lowest BCUT2D eigenvalue weighted by molar-refractivity contribution is 0.0945. The summed E-state index contributed by atoms with van der Waals surface area (Å²) in [5.41, 5.74) is 1.34. The van der Waals surface area contributed by atoms with Gasteiger partial charge in [0.1, 0.15) is 22.4 Å². The van der Waals surface area contributed by atoms with Crippen molar-refractivity contribution in [3.05, 3.63) is 75.2 Å². The van der Waals surface area contributed by atoms with Crippen LogP contribution in [-0.2, 0) is 14.1 Å². The van der Waals surface area contributed by atoms with Crippen molar-refractivity contribution in [1.29, 1.82) is 0 Å². The fourth-order valence-corrected chi connectivity index (χ4v) is 4.41. The van der Waals surface area contributed by atoms with Gasteiger partial charge in [-0.2, -0.15) is 0 Å². The molecule has 4 aromatic rings. The number of thiophene rings is 1. The number of nitrogens with zero attached hydrogens (tertiary/aromatic N) is 4. The van der Waals surface area contributed by atoms with Gasteiger partial charge in [-0.05, 0) is 30.2 Å². The van der Waals surface area contributed by atoms with Crippen molar-refractivity contribution in [2.45, 2.75) is 13.0 Å². The van der Waals surface area contributed by atoms with Gasteiger partial charge in [0, 0.05) is 26.5 Å². The molecule has 0 spiro atoms. The number of rotatable bonds is 5. The van der Waals surface area contributed by atoms with Crippen LogP contribution in [0.1, 0.15) is 32.7 Å². The van der Waals surface area contributed by atoms with Crippen LogP contribution in [0.15, 0.2) is 47.8 Å². The first-order valence-electron chi connectivity index (χ1n) is 9.27. The van der Waals surface area contributed by atoms with E-state index in [9.17, 15) is 9.59 Å². The summed E-state index contributed by atoms with van der Waals surface area (Å²) >= 11 is 1.22. The quantitative estimate of drug-likeness (QED) is 0.533. The topological polar surface area (TPSA) is 91.0 Å². The maximum Gasteiger partial charge on any atom is 0.262 e. The maximum atomic E-state index is 13.2. The van der Waals surface area contributed by atoms with Crippen LogP contribution in [0.2, 0.25) is 0 Å². The second-order valence-electron chi connectivity index (χ2n) is 6.97. The molecule has 30 heavy (non-hydrogen) atoms. The van der Waals surface area contributed by atoms with E-state index in [0.29, 0.717) is 26.5 Å². The SMILES string of the molecule is COc1ccc([C@H](NC(=O)c2sc3ncn(C)c(=O)c3c2C)c2nccn2C)cc1. The van der Waals surface area contributed by atoms with Crippen LogP contribution >= 0.6 is 11.3 Å². The molecule has 1 aromatic carbocycles. The summed E-state index contributed by atoms with van der Waals surface area (Å²) in [7, 11) is 5.13. The van der Waals surface area contributed by atoms with Gasteiger partial charge in [0.05, 0.1) is 23.7 Å². The summed E-state index contributed by atoms with van der Waals surface area (Å²) in [4.78, 5) is 35.5. The van der Waals surface area contributed by atoms with Gasteiger partial charge < -0.3 is 19.2 Å². The highest BCUT2D eigenvalue weighted by Gasteiger charge is 2.25. The standard InChI is InChI=1S/C21H21N5O3S/c1-12-15-20(23-11-26(3)21(15)28)30-17(12)19(27)24-16(18-22-9-10-25(18)2)13-5-7-14(29-4)8-6-13/h5-11,16H,1-4H3,(H,24,27)/t16-/m0/s1. The molecule has 3 aromatic heterocycles. The molecule has 0 saturated carbocycles. The number of carbonyl (C=O) groups is 1. The van der Waals surface area contributed by atoms with E-state index in [1.165, 1.54) is 22.2 Å². The predicted molar refractivity (Wildman–Crippen MR) is 115 cm³/mol. The number of fused-ring (bicyclic) bond motifs is 1. The molecule has 1 amide bonds. The largest absolute Gasteiger partial charge is 0.497 e. The van der Waals surface area contributed by atoms with Crippen LogP contribution in [0.5, 0.6) is 5.75 Å². The van der Waals surface area contributed by atoms with E-state index >= 15 is 0 Å². The predicted octanol–water partition coefficient (Wildman–Crippen LogP) is 2.56. The van der Waals surface area contributed by atoms with Crippen molar-refractivity contribution in [3.63, 3.8) is 0 Å². The van der Waals surface area contributed by atoms with Gasteiger partial charge in [-0.3, -0.25) is 9.59 Å². The molecule has 0 bridgehead atoms. The minimum absolute atomic E-state index is 0.163. The highest BCUT2D eigenvalue weighted by atomic mass is 32.1.